The summed E-state index contributed by atoms with van der Waals surface area (Å²) in [5.41, 5.74) is 7.38. The minimum Gasteiger partial charge on any atom is -0.398 e. The fourth-order valence-corrected chi connectivity index (χ4v) is 2.07. The molecule has 1 aromatic carbocycles. The number of pyridine rings is 1. The summed E-state index contributed by atoms with van der Waals surface area (Å²) < 4.78 is 13.6. The summed E-state index contributed by atoms with van der Waals surface area (Å²) in [7, 11) is 0. The van der Waals surface area contributed by atoms with Crippen LogP contribution in [0.4, 0.5) is 15.9 Å². The second-order valence-electron chi connectivity index (χ2n) is 3.97. The topological polar surface area (TPSA) is 68.0 Å². The first-order valence-electron chi connectivity index (χ1n) is 5.47. The van der Waals surface area contributed by atoms with Crippen molar-refractivity contribution in [2.24, 2.45) is 0 Å². The Labute approximate surface area is 118 Å². The summed E-state index contributed by atoms with van der Waals surface area (Å²) in [5.74, 6) is -0.880. The summed E-state index contributed by atoms with van der Waals surface area (Å²) >= 11 is 3.28. The number of halogens is 2. The van der Waals surface area contributed by atoms with Gasteiger partial charge in [0.1, 0.15) is 5.82 Å². The zero-order valence-corrected chi connectivity index (χ0v) is 11.7. The van der Waals surface area contributed by atoms with Crippen LogP contribution in [0.5, 0.6) is 0 Å². The van der Waals surface area contributed by atoms with Gasteiger partial charge in [-0.1, -0.05) is 22.0 Å². The number of aromatic nitrogens is 1. The summed E-state index contributed by atoms with van der Waals surface area (Å²) in [6, 6.07) is 7.56. The lowest BCUT2D eigenvalue weighted by atomic mass is 10.1. The molecule has 2 rings (SSSR count). The molecule has 0 aliphatic rings. The molecule has 0 aliphatic carbocycles. The Kier molecular flexibility index (Phi) is 3.80. The number of benzene rings is 1. The maximum absolute atomic E-state index is 12.9. The third-order valence-electron chi connectivity index (χ3n) is 2.61. The molecule has 0 bridgehead atoms. The monoisotopic (exact) mass is 323 g/mol. The number of amides is 1. The van der Waals surface area contributed by atoms with Crippen LogP contribution in [-0.2, 0) is 0 Å². The highest BCUT2D eigenvalue weighted by Gasteiger charge is 2.13. The first kappa shape index (κ1) is 13.5. The van der Waals surface area contributed by atoms with Crippen LogP contribution in [0.15, 0.2) is 34.8 Å². The number of nitrogens with two attached hydrogens (primary N) is 1. The number of anilines is 2. The van der Waals surface area contributed by atoms with Gasteiger partial charge in [-0.25, -0.2) is 4.98 Å². The molecule has 0 saturated heterocycles. The van der Waals surface area contributed by atoms with Crippen LogP contribution >= 0.6 is 15.9 Å². The maximum atomic E-state index is 12.9. The Morgan fingerprint density at radius 3 is 2.84 bits per heavy atom. The molecule has 0 aliphatic heterocycles. The smallest absolute Gasteiger partial charge is 0.257 e. The molecule has 0 radical (unpaired) electrons. The average Bonchev–Trinajstić information content (AvgIpc) is 2.33. The number of carbonyl (C=O) groups is 1. The van der Waals surface area contributed by atoms with Gasteiger partial charge in [-0.15, -0.1) is 0 Å². The van der Waals surface area contributed by atoms with Gasteiger partial charge in [0.2, 0.25) is 5.95 Å². The summed E-state index contributed by atoms with van der Waals surface area (Å²) in [6.07, 6.45) is 0. The molecule has 1 aromatic heterocycles. The van der Waals surface area contributed by atoms with Crippen LogP contribution in [0.25, 0.3) is 0 Å². The van der Waals surface area contributed by atoms with Gasteiger partial charge in [-0.2, -0.15) is 4.39 Å². The Bertz CT molecular complexity index is 646. The number of carbonyl (C=O) groups excluding carboxylic acids is 1. The predicted octanol–water partition coefficient (Wildman–Crippen LogP) is 3.13. The van der Waals surface area contributed by atoms with E-state index in [4.69, 9.17) is 5.73 Å². The SMILES string of the molecule is Cc1c(N)cc(Br)cc1C(=O)Nc1cccc(F)n1. The van der Waals surface area contributed by atoms with Crippen molar-refractivity contribution in [2.75, 3.05) is 11.1 Å². The predicted molar refractivity (Wildman–Crippen MR) is 75.4 cm³/mol. The van der Waals surface area contributed by atoms with Crippen molar-refractivity contribution in [3.63, 3.8) is 0 Å². The van der Waals surface area contributed by atoms with E-state index in [1.807, 2.05) is 0 Å². The molecule has 4 nitrogen and oxygen atoms in total. The van der Waals surface area contributed by atoms with Crippen molar-refractivity contribution >= 4 is 33.3 Å². The quantitative estimate of drug-likeness (QED) is 0.659. The number of hydrogen-bond donors (Lipinski definition) is 2. The molecule has 0 fully saturated rings. The number of nitrogens with one attached hydrogen (secondary N) is 1. The highest BCUT2D eigenvalue weighted by Crippen LogP contribution is 2.23. The number of nitrogens with zero attached hydrogens (tertiary/aromatic N) is 1. The molecular formula is C13H11BrFN3O. The molecule has 1 amide bonds. The Balaban J connectivity index is 2.30. The lowest BCUT2D eigenvalue weighted by Crippen LogP contribution is -2.15. The molecule has 98 valence electrons. The number of rotatable bonds is 2. The zero-order valence-electron chi connectivity index (χ0n) is 10.1. The lowest BCUT2D eigenvalue weighted by molar-refractivity contribution is 0.102. The normalized spacial score (nSPS) is 10.3. The Morgan fingerprint density at radius 2 is 2.16 bits per heavy atom. The van der Waals surface area contributed by atoms with Gasteiger partial charge in [-0.3, -0.25) is 4.79 Å². The zero-order chi connectivity index (χ0) is 14.0. The standard InChI is InChI=1S/C13H11BrFN3O/c1-7-9(5-8(14)6-10(7)16)13(19)18-12-4-2-3-11(15)17-12/h2-6H,16H2,1H3,(H,17,18,19). The molecular weight excluding hydrogens is 313 g/mol. The van der Waals surface area contributed by atoms with E-state index in [-0.39, 0.29) is 11.7 Å². The van der Waals surface area contributed by atoms with Crippen molar-refractivity contribution in [3.05, 3.63) is 51.9 Å². The minimum absolute atomic E-state index is 0.156. The first-order valence-corrected chi connectivity index (χ1v) is 6.26. The molecule has 1 heterocycles. The summed E-state index contributed by atoms with van der Waals surface area (Å²) in [5, 5.41) is 2.53. The van der Waals surface area contributed by atoms with Crippen molar-refractivity contribution in [3.8, 4) is 0 Å². The molecule has 0 atom stereocenters. The Hall–Kier alpha value is -1.95. The molecule has 3 N–H and O–H groups in total. The third kappa shape index (κ3) is 3.08. The summed E-state index contributed by atoms with van der Waals surface area (Å²) in [6.45, 7) is 1.75. The Morgan fingerprint density at radius 1 is 1.42 bits per heavy atom. The lowest BCUT2D eigenvalue weighted by Gasteiger charge is -2.10. The van der Waals surface area contributed by atoms with Crippen molar-refractivity contribution in [1.82, 2.24) is 4.98 Å². The van der Waals surface area contributed by atoms with Gasteiger partial charge < -0.3 is 11.1 Å². The van der Waals surface area contributed by atoms with Crippen molar-refractivity contribution < 1.29 is 9.18 Å². The first-order chi connectivity index (χ1) is 8.97. The van der Waals surface area contributed by atoms with E-state index in [9.17, 15) is 9.18 Å². The van der Waals surface area contributed by atoms with Crippen LogP contribution in [0.1, 0.15) is 15.9 Å². The van der Waals surface area contributed by atoms with Crippen LogP contribution in [-0.4, -0.2) is 10.9 Å². The van der Waals surface area contributed by atoms with E-state index >= 15 is 0 Å². The maximum Gasteiger partial charge on any atom is 0.257 e. The van der Waals surface area contributed by atoms with Crippen LogP contribution in [0.3, 0.4) is 0 Å². The third-order valence-corrected chi connectivity index (χ3v) is 3.07. The van der Waals surface area contributed by atoms with E-state index in [0.29, 0.717) is 21.3 Å². The number of hydrogen-bond acceptors (Lipinski definition) is 3. The largest absolute Gasteiger partial charge is 0.398 e. The number of nitrogen functional groups attached to an aromatic ring is 1. The molecule has 2 aromatic rings. The molecule has 0 spiro atoms. The fraction of sp³-hybridized carbons (Fsp3) is 0.0769. The van der Waals surface area contributed by atoms with E-state index in [1.165, 1.54) is 18.2 Å². The van der Waals surface area contributed by atoms with E-state index in [2.05, 4.69) is 26.2 Å². The van der Waals surface area contributed by atoms with Crippen molar-refractivity contribution in [1.29, 1.82) is 0 Å². The van der Waals surface area contributed by atoms with Gasteiger partial charge in [-0.05, 0) is 36.8 Å². The second kappa shape index (κ2) is 5.36. The van der Waals surface area contributed by atoms with E-state index in [0.717, 1.165) is 0 Å². The highest BCUT2D eigenvalue weighted by molar-refractivity contribution is 9.10. The molecule has 6 heteroatoms. The van der Waals surface area contributed by atoms with Gasteiger partial charge in [0.15, 0.2) is 0 Å². The molecule has 0 saturated carbocycles. The second-order valence-corrected chi connectivity index (χ2v) is 4.88. The van der Waals surface area contributed by atoms with Crippen molar-refractivity contribution in [2.45, 2.75) is 6.92 Å². The highest BCUT2D eigenvalue weighted by atomic mass is 79.9. The van der Waals surface area contributed by atoms with Crippen LogP contribution in [0.2, 0.25) is 0 Å². The van der Waals surface area contributed by atoms with Gasteiger partial charge in [0.25, 0.3) is 5.91 Å². The van der Waals surface area contributed by atoms with Crippen LogP contribution in [0, 0.1) is 12.9 Å². The minimum atomic E-state index is -0.650. The fourth-order valence-electron chi connectivity index (χ4n) is 1.60. The molecule has 19 heavy (non-hydrogen) atoms. The van der Waals surface area contributed by atoms with E-state index in [1.54, 1.807) is 19.1 Å². The van der Waals surface area contributed by atoms with Gasteiger partial charge in [0, 0.05) is 15.7 Å². The van der Waals surface area contributed by atoms with Gasteiger partial charge >= 0.3 is 0 Å². The van der Waals surface area contributed by atoms with Gasteiger partial charge in [0.05, 0.1) is 0 Å². The van der Waals surface area contributed by atoms with Crippen LogP contribution < -0.4 is 11.1 Å². The average molecular weight is 324 g/mol. The molecule has 0 unspecified atom stereocenters. The van der Waals surface area contributed by atoms with E-state index < -0.39 is 5.95 Å². The summed E-state index contributed by atoms with van der Waals surface area (Å²) in [4.78, 5) is 15.7.